The molecule has 0 spiro atoms. The van der Waals surface area contributed by atoms with Gasteiger partial charge >= 0.3 is 5.69 Å². The lowest BCUT2D eigenvalue weighted by Crippen LogP contribution is -2.22. The average molecular weight is 281 g/mol. The van der Waals surface area contributed by atoms with Crippen molar-refractivity contribution in [1.29, 1.82) is 0 Å². The van der Waals surface area contributed by atoms with Gasteiger partial charge in [-0.3, -0.25) is 4.79 Å². The maximum atomic E-state index is 12.1. The van der Waals surface area contributed by atoms with Crippen LogP contribution in [0.5, 0.6) is 0 Å². The lowest BCUT2D eigenvalue weighted by atomic mass is 10.1. The van der Waals surface area contributed by atoms with E-state index in [-0.39, 0.29) is 11.6 Å². The molecule has 2 aromatic carbocycles. The molecule has 0 fully saturated rings. The summed E-state index contributed by atoms with van der Waals surface area (Å²) in [4.78, 5) is 28.6. The third-order valence-electron chi connectivity index (χ3n) is 3.31. The number of carbonyl (C=O) groups is 1. The van der Waals surface area contributed by atoms with Crippen molar-refractivity contribution < 1.29 is 4.79 Å². The highest BCUT2D eigenvalue weighted by molar-refractivity contribution is 5.97. The Morgan fingerprint density at radius 1 is 1.10 bits per heavy atom. The smallest absolute Gasteiger partial charge is 0.323 e. The Balaban J connectivity index is 1.75. The van der Waals surface area contributed by atoms with Gasteiger partial charge in [0.15, 0.2) is 0 Å². The maximum absolute atomic E-state index is 12.1. The van der Waals surface area contributed by atoms with Gasteiger partial charge < -0.3 is 15.3 Å². The summed E-state index contributed by atoms with van der Waals surface area (Å²) < 4.78 is 0. The molecule has 3 N–H and O–H groups in total. The number of aromatic nitrogens is 2. The minimum atomic E-state index is -0.276. The van der Waals surface area contributed by atoms with Crippen LogP contribution in [0.15, 0.2) is 47.3 Å². The van der Waals surface area contributed by atoms with Crippen molar-refractivity contribution in [3.05, 3.63) is 69.6 Å². The SMILES string of the molecule is Cc1cccc(CNC(=O)c2ccc3[nH]c(=O)[nH]c3c2)c1. The van der Waals surface area contributed by atoms with Crippen LogP contribution in [0.3, 0.4) is 0 Å². The number of nitrogens with one attached hydrogen (secondary N) is 3. The molecule has 5 nitrogen and oxygen atoms in total. The van der Waals surface area contributed by atoms with Crippen molar-refractivity contribution in [3.63, 3.8) is 0 Å². The molecule has 0 saturated carbocycles. The number of amides is 1. The normalized spacial score (nSPS) is 10.7. The number of carbonyl (C=O) groups excluding carboxylic acids is 1. The van der Waals surface area contributed by atoms with E-state index in [9.17, 15) is 9.59 Å². The number of benzene rings is 2. The van der Waals surface area contributed by atoms with Crippen LogP contribution in [0.2, 0.25) is 0 Å². The van der Waals surface area contributed by atoms with Crippen molar-refractivity contribution in [3.8, 4) is 0 Å². The number of H-pyrrole nitrogens is 2. The molecule has 0 atom stereocenters. The van der Waals surface area contributed by atoms with Gasteiger partial charge in [-0.05, 0) is 30.7 Å². The van der Waals surface area contributed by atoms with Gasteiger partial charge in [-0.15, -0.1) is 0 Å². The van der Waals surface area contributed by atoms with Crippen molar-refractivity contribution in [2.75, 3.05) is 0 Å². The predicted molar refractivity (Wildman–Crippen MR) is 81.3 cm³/mol. The molecule has 5 heteroatoms. The zero-order chi connectivity index (χ0) is 14.8. The molecule has 1 aromatic heterocycles. The van der Waals surface area contributed by atoms with Gasteiger partial charge in [-0.25, -0.2) is 4.79 Å². The number of hydrogen-bond acceptors (Lipinski definition) is 2. The van der Waals surface area contributed by atoms with Crippen molar-refractivity contribution in [2.24, 2.45) is 0 Å². The molecule has 0 unspecified atom stereocenters. The molecule has 0 aliphatic heterocycles. The first-order valence-corrected chi connectivity index (χ1v) is 6.67. The molecule has 1 amide bonds. The third kappa shape index (κ3) is 2.86. The molecule has 21 heavy (non-hydrogen) atoms. The monoisotopic (exact) mass is 281 g/mol. The maximum Gasteiger partial charge on any atom is 0.323 e. The molecule has 3 aromatic rings. The third-order valence-corrected chi connectivity index (χ3v) is 3.31. The first kappa shape index (κ1) is 13.2. The summed E-state index contributed by atoms with van der Waals surface area (Å²) in [7, 11) is 0. The van der Waals surface area contributed by atoms with Crippen molar-refractivity contribution in [1.82, 2.24) is 15.3 Å². The van der Waals surface area contributed by atoms with E-state index in [1.165, 1.54) is 0 Å². The zero-order valence-corrected chi connectivity index (χ0v) is 11.6. The number of rotatable bonds is 3. The lowest BCUT2D eigenvalue weighted by molar-refractivity contribution is 0.0951. The van der Waals surface area contributed by atoms with E-state index in [4.69, 9.17) is 0 Å². The van der Waals surface area contributed by atoms with E-state index in [2.05, 4.69) is 15.3 Å². The quantitative estimate of drug-likeness (QED) is 0.687. The molecule has 106 valence electrons. The standard InChI is InChI=1S/C16H15N3O2/c1-10-3-2-4-11(7-10)9-17-15(20)12-5-6-13-14(8-12)19-16(21)18-13/h2-8H,9H2,1H3,(H,17,20)(H2,18,19,21). The van der Waals surface area contributed by atoms with Crippen molar-refractivity contribution >= 4 is 16.9 Å². The van der Waals surface area contributed by atoms with E-state index >= 15 is 0 Å². The fraction of sp³-hybridized carbons (Fsp3) is 0.125. The predicted octanol–water partition coefficient (Wildman–Crippen LogP) is 2.09. The molecule has 0 aliphatic carbocycles. The average Bonchev–Trinajstić information content (AvgIpc) is 2.84. The molecule has 3 rings (SSSR count). The lowest BCUT2D eigenvalue weighted by Gasteiger charge is -2.06. The second-order valence-corrected chi connectivity index (χ2v) is 5.01. The number of fused-ring (bicyclic) bond motifs is 1. The number of hydrogen-bond donors (Lipinski definition) is 3. The summed E-state index contributed by atoms with van der Waals surface area (Å²) in [6, 6.07) is 13.1. The molecule has 0 radical (unpaired) electrons. The van der Waals surface area contributed by atoms with Gasteiger partial charge in [0.1, 0.15) is 0 Å². The number of aryl methyl sites for hydroxylation is 1. The van der Waals surface area contributed by atoms with E-state index in [1.54, 1.807) is 18.2 Å². The van der Waals surface area contributed by atoms with E-state index in [0.717, 1.165) is 11.1 Å². The van der Waals surface area contributed by atoms with Crippen LogP contribution < -0.4 is 11.0 Å². The van der Waals surface area contributed by atoms with Gasteiger partial charge in [0.05, 0.1) is 11.0 Å². The Labute approximate surface area is 121 Å². The van der Waals surface area contributed by atoms with Gasteiger partial charge in [-0.1, -0.05) is 29.8 Å². The Kier molecular flexibility index (Phi) is 3.31. The summed E-state index contributed by atoms with van der Waals surface area (Å²) >= 11 is 0. The Morgan fingerprint density at radius 2 is 1.90 bits per heavy atom. The van der Waals surface area contributed by atoms with E-state index in [0.29, 0.717) is 23.1 Å². The summed E-state index contributed by atoms with van der Waals surface area (Å²) in [5, 5.41) is 2.87. The van der Waals surface area contributed by atoms with Crippen LogP contribution >= 0.6 is 0 Å². The Hall–Kier alpha value is -2.82. The Morgan fingerprint density at radius 3 is 2.71 bits per heavy atom. The largest absolute Gasteiger partial charge is 0.348 e. The summed E-state index contributed by atoms with van der Waals surface area (Å²) in [5.41, 5.74) is 3.78. The summed E-state index contributed by atoms with van der Waals surface area (Å²) in [6.07, 6.45) is 0. The van der Waals surface area contributed by atoms with Gasteiger partial charge in [0.25, 0.3) is 5.91 Å². The van der Waals surface area contributed by atoms with Gasteiger partial charge in [0, 0.05) is 12.1 Å². The first-order chi connectivity index (χ1) is 10.1. The van der Waals surface area contributed by atoms with Crippen LogP contribution in [-0.2, 0) is 6.54 Å². The van der Waals surface area contributed by atoms with Crippen LogP contribution in [0, 0.1) is 6.92 Å². The number of aromatic amines is 2. The summed E-state index contributed by atoms with van der Waals surface area (Å²) in [6.45, 7) is 2.49. The summed E-state index contributed by atoms with van der Waals surface area (Å²) in [5.74, 6) is -0.166. The van der Waals surface area contributed by atoms with E-state index < -0.39 is 0 Å². The highest BCUT2D eigenvalue weighted by Crippen LogP contribution is 2.10. The van der Waals surface area contributed by atoms with Gasteiger partial charge in [-0.2, -0.15) is 0 Å². The second kappa shape index (κ2) is 5.28. The van der Waals surface area contributed by atoms with Crippen LogP contribution in [0.4, 0.5) is 0 Å². The minimum Gasteiger partial charge on any atom is -0.348 e. The van der Waals surface area contributed by atoms with Gasteiger partial charge in [0.2, 0.25) is 0 Å². The molecule has 1 heterocycles. The first-order valence-electron chi connectivity index (χ1n) is 6.67. The molecule has 0 bridgehead atoms. The van der Waals surface area contributed by atoms with Crippen LogP contribution in [0.25, 0.3) is 11.0 Å². The minimum absolute atomic E-state index is 0.166. The zero-order valence-electron chi connectivity index (χ0n) is 11.6. The van der Waals surface area contributed by atoms with Crippen LogP contribution in [0.1, 0.15) is 21.5 Å². The molecule has 0 aliphatic rings. The highest BCUT2D eigenvalue weighted by Gasteiger charge is 2.07. The Bertz CT molecular complexity index is 861. The second-order valence-electron chi connectivity index (χ2n) is 5.01. The van der Waals surface area contributed by atoms with E-state index in [1.807, 2.05) is 31.2 Å². The molecular formula is C16H15N3O2. The number of imidazole rings is 1. The topological polar surface area (TPSA) is 77.8 Å². The fourth-order valence-corrected chi connectivity index (χ4v) is 2.28. The highest BCUT2D eigenvalue weighted by atomic mass is 16.2. The fourth-order valence-electron chi connectivity index (χ4n) is 2.28. The molecule has 0 saturated heterocycles. The van der Waals surface area contributed by atoms with Crippen molar-refractivity contribution in [2.45, 2.75) is 13.5 Å². The molecular weight excluding hydrogens is 266 g/mol. The van der Waals surface area contributed by atoms with Crippen LogP contribution in [-0.4, -0.2) is 15.9 Å².